The maximum Gasteiger partial charge on any atom is 0.433 e. The molecule has 0 radical (unpaired) electrons. The number of hydrogen-bond donors (Lipinski definition) is 0. The van der Waals surface area contributed by atoms with Crippen LogP contribution in [0, 0.1) is 12.8 Å². The first-order chi connectivity index (χ1) is 12.2. The number of anilines is 1. The number of dihydropyridines is 1. The van der Waals surface area contributed by atoms with Gasteiger partial charge < -0.3 is 9.80 Å². The van der Waals surface area contributed by atoms with Gasteiger partial charge in [-0.3, -0.25) is 9.59 Å². The molecule has 0 aliphatic carbocycles. The minimum Gasteiger partial charge on any atom is -0.353 e. The Balaban J connectivity index is 1.66. The second kappa shape index (κ2) is 6.85. The summed E-state index contributed by atoms with van der Waals surface area (Å²) in [6.07, 6.45) is -0.487. The van der Waals surface area contributed by atoms with Crippen molar-refractivity contribution >= 4 is 23.8 Å². The Morgan fingerprint density at radius 1 is 1.19 bits per heavy atom. The third-order valence-corrected chi connectivity index (χ3v) is 4.12. The molecule has 3 heterocycles. The molecular formula is C16H16F3N5O2. The molecule has 1 saturated heterocycles. The molecule has 2 amide bonds. The summed E-state index contributed by atoms with van der Waals surface area (Å²) in [6.45, 7) is 2.80. The summed E-state index contributed by atoms with van der Waals surface area (Å²) in [7, 11) is 0. The maximum atomic E-state index is 12.9. The minimum atomic E-state index is -4.54. The maximum absolute atomic E-state index is 12.9. The van der Waals surface area contributed by atoms with Gasteiger partial charge in [-0.25, -0.2) is 15.0 Å². The molecule has 0 spiro atoms. The number of rotatable bonds is 2. The molecule has 1 aromatic heterocycles. The molecular weight excluding hydrogens is 351 g/mol. The van der Waals surface area contributed by atoms with E-state index in [0.29, 0.717) is 26.2 Å². The fraction of sp³-hybridized carbons (Fsp3) is 0.438. The smallest absolute Gasteiger partial charge is 0.353 e. The summed E-state index contributed by atoms with van der Waals surface area (Å²) in [5, 5.41) is 0. The zero-order valence-electron chi connectivity index (χ0n) is 13.9. The molecule has 0 N–H and O–H groups in total. The molecule has 2 aliphatic rings. The summed E-state index contributed by atoms with van der Waals surface area (Å²) in [5.41, 5.74) is -0.980. The molecule has 0 aromatic carbocycles. The van der Waals surface area contributed by atoms with Gasteiger partial charge in [0.2, 0.25) is 5.91 Å². The predicted octanol–water partition coefficient (Wildman–Crippen LogP) is 1.24. The van der Waals surface area contributed by atoms with Crippen LogP contribution in [0.3, 0.4) is 0 Å². The predicted molar refractivity (Wildman–Crippen MR) is 86.7 cm³/mol. The SMILES string of the molecule is Cc1nc(N2CCN(C(=O)C3C=CC(=O)N=C3)CC2)cc(C(F)(F)F)n1. The normalized spacial score (nSPS) is 20.6. The lowest BCUT2D eigenvalue weighted by Gasteiger charge is -2.36. The van der Waals surface area contributed by atoms with Gasteiger partial charge in [0, 0.05) is 44.5 Å². The number of hydrogen-bond acceptors (Lipinski definition) is 5. The van der Waals surface area contributed by atoms with E-state index in [-0.39, 0.29) is 17.5 Å². The van der Waals surface area contributed by atoms with Gasteiger partial charge in [-0.2, -0.15) is 13.2 Å². The van der Waals surface area contributed by atoms with E-state index in [1.807, 2.05) is 0 Å². The first-order valence-electron chi connectivity index (χ1n) is 7.97. The largest absolute Gasteiger partial charge is 0.433 e. The number of carbonyl (C=O) groups is 2. The van der Waals surface area contributed by atoms with Crippen LogP contribution in [-0.4, -0.2) is 59.1 Å². The second-order valence-electron chi connectivity index (χ2n) is 5.97. The van der Waals surface area contributed by atoms with Gasteiger partial charge >= 0.3 is 6.18 Å². The zero-order chi connectivity index (χ0) is 18.9. The topological polar surface area (TPSA) is 78.8 Å². The molecule has 2 aliphatic heterocycles. The first kappa shape index (κ1) is 18.0. The minimum absolute atomic E-state index is 0.0431. The molecule has 0 bridgehead atoms. The number of aliphatic imine (C=N–C) groups is 1. The monoisotopic (exact) mass is 367 g/mol. The molecule has 1 atom stereocenters. The van der Waals surface area contributed by atoms with Crippen LogP contribution in [0.1, 0.15) is 11.5 Å². The third kappa shape index (κ3) is 3.89. The van der Waals surface area contributed by atoms with E-state index in [1.165, 1.54) is 25.3 Å². The van der Waals surface area contributed by atoms with Crippen molar-refractivity contribution in [2.45, 2.75) is 13.1 Å². The van der Waals surface area contributed by atoms with Crippen LogP contribution in [0.15, 0.2) is 23.2 Å². The van der Waals surface area contributed by atoms with Gasteiger partial charge in [0.25, 0.3) is 5.91 Å². The summed E-state index contributed by atoms with van der Waals surface area (Å²) in [6, 6.07) is 0.923. The van der Waals surface area contributed by atoms with Crippen molar-refractivity contribution in [2.75, 3.05) is 31.1 Å². The molecule has 1 fully saturated rings. The zero-order valence-corrected chi connectivity index (χ0v) is 13.9. The molecule has 26 heavy (non-hydrogen) atoms. The number of piperazine rings is 1. The highest BCUT2D eigenvalue weighted by molar-refractivity contribution is 6.05. The van der Waals surface area contributed by atoms with Crippen LogP contribution in [0.5, 0.6) is 0 Å². The fourth-order valence-electron chi connectivity index (χ4n) is 2.80. The van der Waals surface area contributed by atoms with Gasteiger partial charge in [0.05, 0.1) is 5.92 Å². The van der Waals surface area contributed by atoms with E-state index in [1.54, 1.807) is 9.80 Å². The Morgan fingerprint density at radius 3 is 2.46 bits per heavy atom. The number of carbonyl (C=O) groups excluding carboxylic acids is 2. The third-order valence-electron chi connectivity index (χ3n) is 4.12. The standard InChI is InChI=1S/C16H16F3N5O2/c1-10-21-12(16(17,18)19)8-13(22-10)23-4-6-24(7-5-23)15(26)11-2-3-14(25)20-9-11/h2-3,8-9,11H,4-7H2,1H3. The van der Waals surface area contributed by atoms with Crippen LogP contribution < -0.4 is 4.90 Å². The molecule has 0 saturated carbocycles. The Bertz CT molecular complexity index is 767. The van der Waals surface area contributed by atoms with Crippen molar-refractivity contribution in [3.05, 3.63) is 29.7 Å². The van der Waals surface area contributed by atoms with E-state index >= 15 is 0 Å². The highest BCUT2D eigenvalue weighted by Gasteiger charge is 2.34. The van der Waals surface area contributed by atoms with Crippen molar-refractivity contribution in [2.24, 2.45) is 10.9 Å². The van der Waals surface area contributed by atoms with Crippen LogP contribution in [0.2, 0.25) is 0 Å². The Morgan fingerprint density at radius 2 is 1.88 bits per heavy atom. The molecule has 138 valence electrons. The molecule has 1 unspecified atom stereocenters. The van der Waals surface area contributed by atoms with Crippen molar-refractivity contribution in [1.82, 2.24) is 14.9 Å². The van der Waals surface area contributed by atoms with Gasteiger partial charge in [-0.05, 0) is 6.92 Å². The number of aromatic nitrogens is 2. The quantitative estimate of drug-likeness (QED) is 0.786. The summed E-state index contributed by atoms with van der Waals surface area (Å²) >= 11 is 0. The number of halogens is 3. The van der Waals surface area contributed by atoms with Gasteiger partial charge in [-0.1, -0.05) is 6.08 Å². The molecule has 7 nitrogen and oxygen atoms in total. The lowest BCUT2D eigenvalue weighted by atomic mass is 10.1. The highest BCUT2D eigenvalue weighted by atomic mass is 19.4. The van der Waals surface area contributed by atoms with Crippen molar-refractivity contribution in [3.8, 4) is 0 Å². The first-order valence-corrected chi connectivity index (χ1v) is 7.97. The Hall–Kier alpha value is -2.78. The van der Waals surface area contributed by atoms with E-state index in [4.69, 9.17) is 0 Å². The average molecular weight is 367 g/mol. The molecule has 10 heteroatoms. The average Bonchev–Trinajstić information content (AvgIpc) is 2.61. The van der Waals surface area contributed by atoms with E-state index in [0.717, 1.165) is 6.07 Å². The van der Waals surface area contributed by atoms with Crippen LogP contribution in [-0.2, 0) is 15.8 Å². The lowest BCUT2D eigenvalue weighted by molar-refractivity contribution is -0.141. The van der Waals surface area contributed by atoms with Crippen LogP contribution in [0.25, 0.3) is 0 Å². The second-order valence-corrected chi connectivity index (χ2v) is 5.97. The van der Waals surface area contributed by atoms with Gasteiger partial charge in [0.1, 0.15) is 17.3 Å². The van der Waals surface area contributed by atoms with E-state index in [2.05, 4.69) is 15.0 Å². The van der Waals surface area contributed by atoms with Gasteiger partial charge in [0.15, 0.2) is 0 Å². The Labute approximate surface area is 147 Å². The number of alkyl halides is 3. The van der Waals surface area contributed by atoms with E-state index in [9.17, 15) is 22.8 Å². The van der Waals surface area contributed by atoms with Crippen molar-refractivity contribution in [1.29, 1.82) is 0 Å². The number of aryl methyl sites for hydroxylation is 1. The fourth-order valence-corrected chi connectivity index (χ4v) is 2.80. The summed E-state index contributed by atoms with van der Waals surface area (Å²) < 4.78 is 38.7. The Kier molecular flexibility index (Phi) is 4.75. The van der Waals surface area contributed by atoms with E-state index < -0.39 is 23.7 Å². The molecule has 1 aromatic rings. The van der Waals surface area contributed by atoms with Gasteiger partial charge in [-0.15, -0.1) is 0 Å². The van der Waals surface area contributed by atoms with Crippen LogP contribution in [0.4, 0.5) is 19.0 Å². The number of nitrogens with zero attached hydrogens (tertiary/aromatic N) is 5. The number of amides is 2. The lowest BCUT2D eigenvalue weighted by Crippen LogP contribution is -2.51. The summed E-state index contributed by atoms with van der Waals surface area (Å²) in [4.78, 5) is 37.9. The van der Waals surface area contributed by atoms with Crippen LogP contribution >= 0.6 is 0 Å². The molecule has 3 rings (SSSR count). The van der Waals surface area contributed by atoms with Crippen molar-refractivity contribution in [3.63, 3.8) is 0 Å². The highest BCUT2D eigenvalue weighted by Crippen LogP contribution is 2.30. The summed E-state index contributed by atoms with van der Waals surface area (Å²) in [5.74, 6) is -0.939. The van der Waals surface area contributed by atoms with Crippen molar-refractivity contribution < 1.29 is 22.8 Å².